The maximum Gasteiger partial charge on any atom is 0.257 e. The van der Waals surface area contributed by atoms with E-state index in [1.807, 2.05) is 16.7 Å². The fourth-order valence-corrected chi connectivity index (χ4v) is 4.63. The Morgan fingerprint density at radius 1 is 0.939 bits per heavy atom. The van der Waals surface area contributed by atoms with Crippen LogP contribution in [0.15, 0.2) is 30.5 Å². The minimum atomic E-state index is -0.223. The number of nitrogens with one attached hydrogen (secondary N) is 1. The average Bonchev–Trinajstić information content (AvgIpc) is 2.84. The summed E-state index contributed by atoms with van der Waals surface area (Å²) in [5.74, 6) is 0.351. The quantitative estimate of drug-likeness (QED) is 0.767. The lowest BCUT2D eigenvalue weighted by Gasteiger charge is -2.35. The van der Waals surface area contributed by atoms with Crippen molar-refractivity contribution in [2.75, 3.05) is 25.0 Å². The molecule has 1 atom stereocenters. The number of nitrogens with zero attached hydrogens (tertiary/aromatic N) is 4. The number of piperidine rings is 2. The van der Waals surface area contributed by atoms with Crippen LogP contribution in [0.2, 0.25) is 0 Å². The molecule has 0 spiro atoms. The lowest BCUT2D eigenvalue weighted by atomic mass is 9.99. The highest BCUT2D eigenvalue weighted by molar-refractivity contribution is 5.96. The van der Waals surface area contributed by atoms with E-state index in [-0.39, 0.29) is 23.8 Å². The number of hydrogen-bond acceptors (Lipinski definition) is 5. The van der Waals surface area contributed by atoms with Crippen molar-refractivity contribution < 1.29 is 14.4 Å². The molecule has 2 fully saturated rings. The van der Waals surface area contributed by atoms with E-state index < -0.39 is 0 Å². The van der Waals surface area contributed by atoms with Gasteiger partial charge in [0.1, 0.15) is 0 Å². The van der Waals surface area contributed by atoms with E-state index in [1.165, 1.54) is 13.3 Å². The summed E-state index contributed by atoms with van der Waals surface area (Å²) in [6.07, 6.45) is 7.58. The van der Waals surface area contributed by atoms with E-state index in [1.54, 1.807) is 30.5 Å². The number of likely N-dealkylation sites (tertiary alicyclic amines) is 2. The summed E-state index contributed by atoms with van der Waals surface area (Å²) in [5, 5.41) is 2.71. The van der Waals surface area contributed by atoms with E-state index in [0.29, 0.717) is 34.9 Å². The molecular formula is C25H31N5O3. The Hall–Kier alpha value is -3.29. The Morgan fingerprint density at radius 3 is 2.30 bits per heavy atom. The van der Waals surface area contributed by atoms with Crippen LogP contribution >= 0.6 is 0 Å². The lowest BCUT2D eigenvalue weighted by molar-refractivity contribution is -0.114. The average molecular weight is 450 g/mol. The van der Waals surface area contributed by atoms with Crippen LogP contribution in [0.25, 0.3) is 0 Å². The molecule has 8 nitrogen and oxygen atoms in total. The van der Waals surface area contributed by atoms with Gasteiger partial charge in [0.2, 0.25) is 5.91 Å². The summed E-state index contributed by atoms with van der Waals surface area (Å²) in [4.78, 5) is 50.4. The zero-order valence-electron chi connectivity index (χ0n) is 19.3. The maximum absolute atomic E-state index is 13.3. The zero-order chi connectivity index (χ0) is 23.4. The number of carbonyl (C=O) groups is 3. The van der Waals surface area contributed by atoms with E-state index in [2.05, 4.69) is 15.3 Å². The number of hydrogen-bond donors (Lipinski definition) is 1. The van der Waals surface area contributed by atoms with Gasteiger partial charge in [-0.3, -0.25) is 14.4 Å². The van der Waals surface area contributed by atoms with Crippen molar-refractivity contribution in [2.45, 2.75) is 58.4 Å². The fourth-order valence-electron chi connectivity index (χ4n) is 4.63. The summed E-state index contributed by atoms with van der Waals surface area (Å²) < 4.78 is 0. The van der Waals surface area contributed by atoms with Crippen molar-refractivity contribution >= 4 is 23.4 Å². The Balaban J connectivity index is 1.53. The predicted octanol–water partition coefficient (Wildman–Crippen LogP) is 3.74. The molecule has 1 N–H and O–H groups in total. The molecule has 0 bridgehead atoms. The van der Waals surface area contributed by atoms with Crippen molar-refractivity contribution in [1.82, 2.24) is 19.8 Å². The molecular weight excluding hydrogens is 418 g/mol. The number of amides is 3. The Labute approximate surface area is 194 Å². The molecule has 0 aliphatic carbocycles. The zero-order valence-corrected chi connectivity index (χ0v) is 19.3. The number of carbonyl (C=O) groups excluding carboxylic acids is 3. The van der Waals surface area contributed by atoms with Crippen LogP contribution in [0.3, 0.4) is 0 Å². The van der Waals surface area contributed by atoms with Gasteiger partial charge in [-0.1, -0.05) is 0 Å². The van der Waals surface area contributed by atoms with Gasteiger partial charge in [-0.2, -0.15) is 0 Å². The monoisotopic (exact) mass is 449 g/mol. The van der Waals surface area contributed by atoms with Gasteiger partial charge in [0.05, 0.1) is 17.3 Å². The number of rotatable bonds is 4. The number of benzene rings is 1. The third-order valence-corrected chi connectivity index (χ3v) is 6.39. The first-order chi connectivity index (χ1) is 15.9. The van der Waals surface area contributed by atoms with Gasteiger partial charge >= 0.3 is 0 Å². The van der Waals surface area contributed by atoms with Crippen LogP contribution < -0.4 is 5.32 Å². The van der Waals surface area contributed by atoms with E-state index in [4.69, 9.17) is 0 Å². The number of aryl methyl sites for hydroxylation is 1. The SMILES string of the molecule is CC(=O)Nc1ccc(C(=O)N2CCCC[C@H]2c2ncc(C(=O)N3CCCCC3)c(C)n2)cc1. The molecule has 174 valence electrons. The minimum absolute atomic E-state index is 0.00501. The first-order valence-electron chi connectivity index (χ1n) is 11.8. The van der Waals surface area contributed by atoms with E-state index >= 15 is 0 Å². The molecule has 0 radical (unpaired) electrons. The Bertz CT molecular complexity index is 1030. The van der Waals surface area contributed by atoms with E-state index in [0.717, 1.165) is 45.2 Å². The van der Waals surface area contributed by atoms with Gasteiger partial charge in [-0.05, 0) is 69.7 Å². The second kappa shape index (κ2) is 10.1. The molecule has 2 aromatic rings. The van der Waals surface area contributed by atoms with Crippen LogP contribution in [-0.2, 0) is 4.79 Å². The van der Waals surface area contributed by atoms with Gasteiger partial charge in [-0.25, -0.2) is 9.97 Å². The molecule has 2 aliphatic heterocycles. The van der Waals surface area contributed by atoms with Crippen LogP contribution in [0.5, 0.6) is 0 Å². The molecule has 0 saturated carbocycles. The largest absolute Gasteiger partial charge is 0.339 e. The minimum Gasteiger partial charge on any atom is -0.339 e. The lowest BCUT2D eigenvalue weighted by Crippen LogP contribution is -2.39. The normalized spacial score (nSPS) is 18.7. The van der Waals surface area contributed by atoms with Gasteiger partial charge < -0.3 is 15.1 Å². The third-order valence-electron chi connectivity index (χ3n) is 6.39. The van der Waals surface area contributed by atoms with Crippen LogP contribution in [0.1, 0.15) is 83.7 Å². The summed E-state index contributed by atoms with van der Waals surface area (Å²) >= 11 is 0. The second-order valence-electron chi connectivity index (χ2n) is 8.85. The highest BCUT2D eigenvalue weighted by Crippen LogP contribution is 2.31. The van der Waals surface area contributed by atoms with Gasteiger partial charge in [0.15, 0.2) is 5.82 Å². The van der Waals surface area contributed by atoms with Gasteiger partial charge in [-0.15, -0.1) is 0 Å². The van der Waals surface area contributed by atoms with Gasteiger partial charge in [0, 0.05) is 44.0 Å². The van der Waals surface area contributed by atoms with Crippen molar-refractivity contribution in [3.8, 4) is 0 Å². The molecule has 3 heterocycles. The highest BCUT2D eigenvalue weighted by atomic mass is 16.2. The van der Waals surface area contributed by atoms with Crippen molar-refractivity contribution in [3.63, 3.8) is 0 Å². The van der Waals surface area contributed by atoms with Crippen molar-refractivity contribution in [2.24, 2.45) is 0 Å². The second-order valence-corrected chi connectivity index (χ2v) is 8.85. The summed E-state index contributed by atoms with van der Waals surface area (Å²) in [5.41, 5.74) is 2.42. The first-order valence-corrected chi connectivity index (χ1v) is 11.8. The number of anilines is 1. The Morgan fingerprint density at radius 2 is 1.64 bits per heavy atom. The van der Waals surface area contributed by atoms with Crippen LogP contribution in [0.4, 0.5) is 5.69 Å². The Kier molecular flexibility index (Phi) is 7.01. The number of aromatic nitrogens is 2. The summed E-state index contributed by atoms with van der Waals surface area (Å²) in [6.45, 7) is 5.49. The molecule has 1 aromatic carbocycles. The van der Waals surface area contributed by atoms with Crippen molar-refractivity contribution in [1.29, 1.82) is 0 Å². The molecule has 8 heteroatoms. The van der Waals surface area contributed by atoms with Crippen molar-refractivity contribution in [3.05, 3.63) is 53.1 Å². The standard InChI is InChI=1S/C25H31N5O3/c1-17-21(25(33)29-13-5-3-6-14-29)16-26-23(27-17)22-8-4-7-15-30(22)24(32)19-9-11-20(12-10-19)28-18(2)31/h9-12,16,22H,3-8,13-15H2,1-2H3,(H,28,31)/t22-/m0/s1. The topological polar surface area (TPSA) is 95.5 Å². The van der Waals surface area contributed by atoms with Gasteiger partial charge in [0.25, 0.3) is 11.8 Å². The summed E-state index contributed by atoms with van der Waals surface area (Å²) in [6, 6.07) is 6.70. The molecule has 1 aromatic heterocycles. The van der Waals surface area contributed by atoms with Crippen LogP contribution in [0, 0.1) is 6.92 Å². The predicted molar refractivity (Wildman–Crippen MR) is 125 cm³/mol. The third kappa shape index (κ3) is 5.21. The summed E-state index contributed by atoms with van der Waals surface area (Å²) in [7, 11) is 0. The maximum atomic E-state index is 13.3. The van der Waals surface area contributed by atoms with E-state index in [9.17, 15) is 14.4 Å². The molecule has 4 rings (SSSR count). The van der Waals surface area contributed by atoms with Crippen LogP contribution in [-0.4, -0.2) is 57.1 Å². The molecule has 2 aliphatic rings. The highest BCUT2D eigenvalue weighted by Gasteiger charge is 2.31. The molecule has 0 unspecified atom stereocenters. The molecule has 2 saturated heterocycles. The molecule has 33 heavy (non-hydrogen) atoms. The smallest absolute Gasteiger partial charge is 0.257 e. The fraction of sp³-hybridized carbons (Fsp3) is 0.480. The first kappa shape index (κ1) is 22.9. The molecule has 3 amide bonds.